The Morgan fingerprint density at radius 3 is 1.09 bits per heavy atom. The summed E-state index contributed by atoms with van der Waals surface area (Å²) in [5.41, 5.74) is 5.58. The molecule has 0 aromatic rings. The lowest BCUT2D eigenvalue weighted by molar-refractivity contribution is -0.147. The van der Waals surface area contributed by atoms with E-state index in [0.717, 1.165) is 44.9 Å². The smallest absolute Gasteiger partial charge is 0.305 e. The van der Waals surface area contributed by atoms with Gasteiger partial charge in [0, 0.05) is 19.3 Å². The average Bonchev–Trinajstić information content (AvgIpc) is 3.08. The van der Waals surface area contributed by atoms with Gasteiger partial charge in [0.1, 0.15) is 13.2 Å². The molecule has 1 amide bonds. The van der Waals surface area contributed by atoms with E-state index in [9.17, 15) is 14.4 Å². The Morgan fingerprint density at radius 1 is 0.447 bits per heavy atom. The Morgan fingerprint density at radius 2 is 0.745 bits per heavy atom. The Bertz CT molecular complexity index is 629. The molecule has 0 aliphatic rings. The van der Waals surface area contributed by atoms with Crippen molar-refractivity contribution in [3.8, 4) is 0 Å². The standard InChI is InChI=1S/C38H74N2O5.C2H6/c1-3-5-7-9-11-13-15-17-19-21-25-29-37(42)44-34-32-40(36(41)28-24-23-27-31-39)33-35-45-38(43)30-26-22-20-18-16-14-12-10-8-6-4-2;1-2/h3-35,39H2,1-2H3;1-2H3. The lowest BCUT2D eigenvalue weighted by Gasteiger charge is -2.22. The number of esters is 2. The van der Waals surface area contributed by atoms with E-state index in [1.165, 1.54) is 116 Å². The van der Waals surface area contributed by atoms with E-state index >= 15 is 0 Å². The lowest BCUT2D eigenvalue weighted by atomic mass is 10.1. The van der Waals surface area contributed by atoms with Crippen LogP contribution in [0.25, 0.3) is 0 Å². The van der Waals surface area contributed by atoms with Crippen molar-refractivity contribution in [2.24, 2.45) is 5.73 Å². The van der Waals surface area contributed by atoms with Crippen LogP contribution in [0.3, 0.4) is 0 Å². The monoisotopic (exact) mass is 669 g/mol. The fourth-order valence-electron chi connectivity index (χ4n) is 5.67. The number of carbonyl (C=O) groups excluding carboxylic acids is 3. The summed E-state index contributed by atoms with van der Waals surface area (Å²) >= 11 is 0. The van der Waals surface area contributed by atoms with Gasteiger partial charge in [0.05, 0.1) is 13.1 Å². The molecule has 0 atom stereocenters. The molecule has 0 rings (SSSR count). The van der Waals surface area contributed by atoms with Gasteiger partial charge in [0.15, 0.2) is 0 Å². The van der Waals surface area contributed by atoms with Crippen LogP contribution in [0.2, 0.25) is 0 Å². The Balaban J connectivity index is 0. The molecule has 0 heterocycles. The molecule has 0 aliphatic carbocycles. The third kappa shape index (κ3) is 37.0. The van der Waals surface area contributed by atoms with Crippen molar-refractivity contribution >= 4 is 17.8 Å². The lowest BCUT2D eigenvalue weighted by Crippen LogP contribution is -2.37. The van der Waals surface area contributed by atoms with Crippen LogP contribution < -0.4 is 5.73 Å². The van der Waals surface area contributed by atoms with Crippen LogP contribution in [0.4, 0.5) is 0 Å². The highest BCUT2D eigenvalue weighted by atomic mass is 16.5. The second-order valence-corrected chi connectivity index (χ2v) is 13.0. The quantitative estimate of drug-likeness (QED) is 0.0533. The van der Waals surface area contributed by atoms with Crippen LogP contribution in [0.1, 0.15) is 207 Å². The van der Waals surface area contributed by atoms with Crippen molar-refractivity contribution in [2.75, 3.05) is 32.8 Å². The van der Waals surface area contributed by atoms with Crippen LogP contribution in [0, 0.1) is 0 Å². The summed E-state index contributed by atoms with van der Waals surface area (Å²) in [6, 6.07) is 0. The molecule has 0 bridgehead atoms. The first kappa shape index (κ1) is 47.5. The van der Waals surface area contributed by atoms with E-state index in [1.54, 1.807) is 4.90 Å². The molecule has 280 valence electrons. The van der Waals surface area contributed by atoms with E-state index in [-0.39, 0.29) is 31.1 Å². The van der Waals surface area contributed by atoms with Crippen LogP contribution >= 0.6 is 0 Å². The van der Waals surface area contributed by atoms with Crippen molar-refractivity contribution in [1.82, 2.24) is 4.90 Å². The first-order valence-electron chi connectivity index (χ1n) is 20.3. The zero-order chi connectivity index (χ0) is 35.1. The molecule has 0 fully saturated rings. The molecule has 0 saturated heterocycles. The van der Waals surface area contributed by atoms with Crippen molar-refractivity contribution in [2.45, 2.75) is 207 Å². The number of ether oxygens (including phenoxy) is 2. The van der Waals surface area contributed by atoms with Crippen LogP contribution in [-0.4, -0.2) is 55.6 Å². The molecule has 7 nitrogen and oxygen atoms in total. The number of hydrogen-bond donors (Lipinski definition) is 1. The number of hydrogen-bond acceptors (Lipinski definition) is 6. The van der Waals surface area contributed by atoms with Gasteiger partial charge < -0.3 is 20.1 Å². The maximum atomic E-state index is 12.8. The van der Waals surface area contributed by atoms with E-state index in [2.05, 4.69) is 13.8 Å². The predicted molar refractivity (Wildman–Crippen MR) is 200 cm³/mol. The van der Waals surface area contributed by atoms with Gasteiger partial charge in [0.25, 0.3) is 0 Å². The molecule has 0 spiro atoms. The SMILES string of the molecule is CC.CCCCCCCCCCCCCC(=O)OCCN(CCOC(=O)CCCCCCCCCCCCC)C(=O)CCCCCN. The molecule has 7 heteroatoms. The second kappa shape index (κ2) is 40.5. The Labute approximate surface area is 292 Å². The molecule has 47 heavy (non-hydrogen) atoms. The van der Waals surface area contributed by atoms with Crippen LogP contribution in [0.15, 0.2) is 0 Å². The minimum atomic E-state index is -0.195. The van der Waals surface area contributed by atoms with Gasteiger partial charge in [-0.3, -0.25) is 14.4 Å². The summed E-state index contributed by atoms with van der Waals surface area (Å²) in [4.78, 5) is 39.0. The topological polar surface area (TPSA) is 98.9 Å². The fourth-order valence-corrected chi connectivity index (χ4v) is 5.67. The molecule has 0 radical (unpaired) electrons. The van der Waals surface area contributed by atoms with E-state index in [1.807, 2.05) is 13.8 Å². The molecule has 0 unspecified atom stereocenters. The number of carbonyl (C=O) groups is 3. The third-order valence-electron chi connectivity index (χ3n) is 8.66. The normalized spacial score (nSPS) is 10.7. The van der Waals surface area contributed by atoms with Crippen molar-refractivity contribution in [1.29, 1.82) is 0 Å². The second-order valence-electron chi connectivity index (χ2n) is 13.0. The van der Waals surface area contributed by atoms with E-state index in [0.29, 0.717) is 38.9 Å². The van der Waals surface area contributed by atoms with Gasteiger partial charge in [-0.15, -0.1) is 0 Å². The highest BCUT2D eigenvalue weighted by Gasteiger charge is 2.15. The third-order valence-corrected chi connectivity index (χ3v) is 8.66. The van der Waals surface area contributed by atoms with Gasteiger partial charge >= 0.3 is 11.9 Å². The molecule has 0 aromatic carbocycles. The summed E-state index contributed by atoms with van der Waals surface area (Å²) in [6.45, 7) is 10.1. The average molecular weight is 669 g/mol. The number of nitrogens with zero attached hydrogens (tertiary/aromatic N) is 1. The first-order chi connectivity index (χ1) is 23.0. The molecular formula is C40H80N2O5. The maximum Gasteiger partial charge on any atom is 0.305 e. The Hall–Kier alpha value is -1.63. The Kier molecular flexibility index (Phi) is 41.0. The summed E-state index contributed by atoms with van der Waals surface area (Å²) in [5.74, 6) is -0.380. The zero-order valence-electron chi connectivity index (χ0n) is 31.9. The van der Waals surface area contributed by atoms with Crippen molar-refractivity contribution in [3.05, 3.63) is 0 Å². The minimum absolute atomic E-state index is 0.00912. The summed E-state index contributed by atoms with van der Waals surface area (Å²) in [7, 11) is 0. The minimum Gasteiger partial charge on any atom is -0.464 e. The number of amides is 1. The summed E-state index contributed by atoms with van der Waals surface area (Å²) in [6.07, 6.45) is 31.3. The van der Waals surface area contributed by atoms with Gasteiger partial charge in [-0.05, 0) is 32.2 Å². The van der Waals surface area contributed by atoms with Crippen molar-refractivity contribution < 1.29 is 23.9 Å². The fraction of sp³-hybridized carbons (Fsp3) is 0.925. The molecule has 0 saturated carbocycles. The van der Waals surface area contributed by atoms with Gasteiger partial charge in [-0.2, -0.15) is 0 Å². The highest BCUT2D eigenvalue weighted by Crippen LogP contribution is 2.14. The van der Waals surface area contributed by atoms with Gasteiger partial charge in [-0.25, -0.2) is 0 Å². The highest BCUT2D eigenvalue weighted by molar-refractivity contribution is 5.76. The number of rotatable bonds is 35. The number of unbranched alkanes of at least 4 members (excludes halogenated alkanes) is 22. The van der Waals surface area contributed by atoms with Crippen LogP contribution in [0.5, 0.6) is 0 Å². The molecular weight excluding hydrogens is 588 g/mol. The summed E-state index contributed by atoms with van der Waals surface area (Å²) in [5, 5.41) is 0. The van der Waals surface area contributed by atoms with E-state index in [4.69, 9.17) is 15.2 Å². The van der Waals surface area contributed by atoms with Crippen LogP contribution in [-0.2, 0) is 23.9 Å². The maximum absolute atomic E-state index is 12.8. The number of nitrogens with two attached hydrogens (primary N) is 1. The largest absolute Gasteiger partial charge is 0.464 e. The van der Waals surface area contributed by atoms with Gasteiger partial charge in [-0.1, -0.05) is 163 Å². The van der Waals surface area contributed by atoms with Crippen molar-refractivity contribution in [3.63, 3.8) is 0 Å². The first-order valence-corrected chi connectivity index (χ1v) is 20.3. The summed E-state index contributed by atoms with van der Waals surface area (Å²) < 4.78 is 10.9. The zero-order valence-corrected chi connectivity index (χ0v) is 31.9. The predicted octanol–water partition coefficient (Wildman–Crippen LogP) is 10.8. The van der Waals surface area contributed by atoms with Gasteiger partial charge in [0.2, 0.25) is 5.91 Å². The molecule has 0 aliphatic heterocycles. The molecule has 0 aromatic heterocycles. The molecule has 2 N–H and O–H groups in total. The van der Waals surface area contributed by atoms with E-state index < -0.39 is 0 Å².